The number of aromatic nitrogens is 4. The summed E-state index contributed by atoms with van der Waals surface area (Å²) in [5.41, 5.74) is -0.834. The van der Waals surface area contributed by atoms with E-state index in [1.165, 1.54) is 36.9 Å². The van der Waals surface area contributed by atoms with Crippen molar-refractivity contribution in [1.82, 2.24) is 18.7 Å². The first-order chi connectivity index (χ1) is 17.3. The summed E-state index contributed by atoms with van der Waals surface area (Å²) >= 11 is 5.85. The molecule has 0 saturated carbocycles. The number of alkyl halides is 3. The highest BCUT2D eigenvalue weighted by atomic mass is 35.5. The molecule has 0 radical (unpaired) electrons. The average molecular weight is 544 g/mol. The van der Waals surface area contributed by atoms with Gasteiger partial charge in [-0.25, -0.2) is 4.79 Å². The van der Waals surface area contributed by atoms with E-state index in [0.29, 0.717) is 10.7 Å². The summed E-state index contributed by atoms with van der Waals surface area (Å²) in [6, 6.07) is 4.63. The third-order valence-corrected chi connectivity index (χ3v) is 5.16. The Hall–Kier alpha value is -3.58. The van der Waals surface area contributed by atoms with Crippen LogP contribution in [-0.4, -0.2) is 42.0 Å². The molecule has 200 valence electrons. The molecule has 0 aliphatic heterocycles. The number of ether oxygens (including phenoxy) is 2. The topological polar surface area (TPSA) is 113 Å². The van der Waals surface area contributed by atoms with E-state index in [2.05, 4.69) is 14.7 Å². The smallest absolute Gasteiger partial charge is 0.425 e. The van der Waals surface area contributed by atoms with Gasteiger partial charge in [0.2, 0.25) is 0 Å². The lowest BCUT2D eigenvalue weighted by Gasteiger charge is -2.12. The number of aliphatic hydroxyl groups is 1. The van der Waals surface area contributed by atoms with Crippen LogP contribution in [-0.2, 0) is 20.1 Å². The molecule has 37 heavy (non-hydrogen) atoms. The first-order valence-electron chi connectivity index (χ1n) is 11.0. The molecule has 3 rings (SSSR count). The number of imidazole rings is 1. The lowest BCUT2D eigenvalue weighted by atomic mass is 10.3. The van der Waals surface area contributed by atoms with E-state index in [4.69, 9.17) is 16.3 Å². The highest BCUT2D eigenvalue weighted by molar-refractivity contribution is 6.29. The summed E-state index contributed by atoms with van der Waals surface area (Å²) in [5.74, 6) is -0.565. The second kappa shape index (κ2) is 11.2. The molecule has 1 unspecified atom stereocenters. The van der Waals surface area contributed by atoms with Gasteiger partial charge >= 0.3 is 18.1 Å². The lowest BCUT2D eigenvalue weighted by Crippen LogP contribution is -2.40. The van der Waals surface area contributed by atoms with Crippen molar-refractivity contribution in [2.24, 2.45) is 12.0 Å². The molecule has 10 nitrogen and oxygen atoms in total. The summed E-state index contributed by atoms with van der Waals surface area (Å²) in [6.07, 6.45) is -4.08. The van der Waals surface area contributed by atoms with Gasteiger partial charge in [-0.1, -0.05) is 17.7 Å². The zero-order valence-corrected chi connectivity index (χ0v) is 21.2. The van der Waals surface area contributed by atoms with Crippen molar-refractivity contribution < 1.29 is 27.8 Å². The van der Waals surface area contributed by atoms with Crippen molar-refractivity contribution in [3.8, 4) is 17.5 Å². The molecule has 2 heterocycles. The molecule has 2 aromatic heterocycles. The molecule has 0 amide bonds. The predicted octanol–water partition coefficient (Wildman–Crippen LogP) is 3.92. The number of rotatable bonds is 9. The van der Waals surface area contributed by atoms with Crippen LogP contribution >= 0.6 is 11.6 Å². The van der Waals surface area contributed by atoms with Crippen LogP contribution in [0.4, 0.5) is 13.2 Å². The minimum atomic E-state index is -4.90. The van der Waals surface area contributed by atoms with Gasteiger partial charge in [-0.2, -0.15) is 4.98 Å². The Kier molecular flexibility index (Phi) is 8.49. The van der Waals surface area contributed by atoms with Gasteiger partial charge in [0.25, 0.3) is 5.56 Å². The van der Waals surface area contributed by atoms with Crippen molar-refractivity contribution in [2.45, 2.75) is 52.7 Å². The third kappa shape index (κ3) is 7.01. The highest BCUT2D eigenvalue weighted by Crippen LogP contribution is 2.29. The number of fused-ring (bicyclic) bond motifs is 1. The molecule has 1 aromatic carbocycles. The monoisotopic (exact) mass is 543 g/mol. The predicted molar refractivity (Wildman–Crippen MR) is 131 cm³/mol. The quantitative estimate of drug-likeness (QED) is 0.409. The van der Waals surface area contributed by atoms with Crippen molar-refractivity contribution in [2.75, 3.05) is 0 Å². The maximum atomic E-state index is 13.4. The van der Waals surface area contributed by atoms with Crippen LogP contribution in [0.5, 0.6) is 17.5 Å². The fraction of sp³-hybridized carbons (Fsp3) is 0.391. The summed E-state index contributed by atoms with van der Waals surface area (Å²) in [7, 11) is 1.42. The van der Waals surface area contributed by atoms with Crippen LogP contribution < -0.4 is 20.7 Å². The van der Waals surface area contributed by atoms with Crippen molar-refractivity contribution in [3.05, 3.63) is 56.3 Å². The molecule has 1 N–H and O–H groups in total. The first kappa shape index (κ1) is 28.0. The van der Waals surface area contributed by atoms with Crippen LogP contribution in [0.2, 0.25) is 0 Å². The van der Waals surface area contributed by atoms with E-state index in [1.54, 1.807) is 13.8 Å². The Morgan fingerprint density at radius 2 is 1.92 bits per heavy atom. The van der Waals surface area contributed by atoms with Crippen molar-refractivity contribution in [1.29, 1.82) is 0 Å². The molecule has 14 heteroatoms. The lowest BCUT2D eigenvalue weighted by molar-refractivity contribution is -0.274. The van der Waals surface area contributed by atoms with E-state index in [9.17, 15) is 27.9 Å². The Bertz CT molecular complexity index is 1470. The van der Waals surface area contributed by atoms with E-state index in [1.807, 2.05) is 0 Å². The maximum absolute atomic E-state index is 13.4. The van der Waals surface area contributed by atoms with Gasteiger partial charge in [0, 0.05) is 36.6 Å². The van der Waals surface area contributed by atoms with E-state index in [-0.39, 0.29) is 42.4 Å². The van der Waals surface area contributed by atoms with Crippen LogP contribution in [0, 0.1) is 0 Å². The Balaban J connectivity index is 2.19. The van der Waals surface area contributed by atoms with Gasteiger partial charge in [-0.15, -0.1) is 13.2 Å². The summed E-state index contributed by atoms with van der Waals surface area (Å²) in [6.45, 7) is 4.77. The number of benzene rings is 1. The number of aliphatic hydroxyl groups excluding tert-OH is 1. The second-order valence-electron chi connectivity index (χ2n) is 8.29. The number of aliphatic imine (C=N–C) groups is 1. The minimum Gasteiger partial charge on any atom is -0.425 e. The van der Waals surface area contributed by atoms with Crippen molar-refractivity contribution in [3.63, 3.8) is 0 Å². The fourth-order valence-corrected chi connectivity index (χ4v) is 3.45. The number of hydrogen-bond acceptors (Lipinski definition) is 7. The molecule has 0 saturated heterocycles. The van der Waals surface area contributed by atoms with E-state index < -0.39 is 29.5 Å². The normalized spacial score (nSPS) is 13.8. The van der Waals surface area contributed by atoms with Gasteiger partial charge in [0.15, 0.2) is 11.2 Å². The standard InChI is InChI=1S/C23H25ClF3N5O5/c1-13(24)11-28-14(2)12-32-18-19(30(4)22(35)31(20(18)34)9-8-15(3)33)29-21(32)36-16-6-5-7-17(10-16)37-23(25,26)27/h5-7,10-11,15,33H,8-9,12H2,1-4H3/b13-11+,28-14?. The second-order valence-corrected chi connectivity index (χ2v) is 8.89. The molecular formula is C23H25ClF3N5O5. The van der Waals surface area contributed by atoms with Gasteiger partial charge in [-0.05, 0) is 39.3 Å². The van der Waals surface area contributed by atoms with E-state index >= 15 is 0 Å². The fourth-order valence-electron chi connectivity index (χ4n) is 3.40. The van der Waals surface area contributed by atoms with Crippen LogP contribution in [0.25, 0.3) is 11.2 Å². The van der Waals surface area contributed by atoms with E-state index in [0.717, 1.165) is 21.3 Å². The Morgan fingerprint density at radius 3 is 2.54 bits per heavy atom. The summed E-state index contributed by atoms with van der Waals surface area (Å²) in [5, 5.41) is 10.1. The highest BCUT2D eigenvalue weighted by Gasteiger charge is 2.31. The SMILES string of the molecule is CC(Cn1c(Oc2cccc(OC(F)(F)F)c2)nc2c1c(=O)n(CCC(C)O)c(=O)n2C)=N/C=C(\C)Cl. The first-order valence-corrected chi connectivity index (χ1v) is 11.4. The van der Waals surface area contributed by atoms with Gasteiger partial charge < -0.3 is 14.6 Å². The number of aryl methyl sites for hydroxylation is 1. The number of hydrogen-bond donors (Lipinski definition) is 1. The van der Waals surface area contributed by atoms with Crippen LogP contribution in [0.1, 0.15) is 27.2 Å². The maximum Gasteiger partial charge on any atom is 0.573 e. The Morgan fingerprint density at radius 1 is 1.24 bits per heavy atom. The average Bonchev–Trinajstić information content (AvgIpc) is 3.13. The van der Waals surface area contributed by atoms with Gasteiger partial charge in [-0.3, -0.25) is 23.5 Å². The molecule has 0 fully saturated rings. The van der Waals surface area contributed by atoms with Crippen LogP contribution in [0.15, 0.2) is 50.1 Å². The Labute approximate surface area is 213 Å². The molecule has 1 atom stereocenters. The molecule has 0 aliphatic rings. The number of allylic oxidation sites excluding steroid dienone is 1. The molecule has 0 spiro atoms. The zero-order chi connectivity index (χ0) is 27.5. The summed E-state index contributed by atoms with van der Waals surface area (Å²) < 4.78 is 51.2. The molecule has 3 aromatic rings. The number of halogens is 4. The third-order valence-electron chi connectivity index (χ3n) is 5.07. The zero-order valence-electron chi connectivity index (χ0n) is 20.4. The summed E-state index contributed by atoms with van der Waals surface area (Å²) in [4.78, 5) is 34.8. The molecular weight excluding hydrogens is 519 g/mol. The minimum absolute atomic E-state index is 0.00198. The van der Waals surface area contributed by atoms with Gasteiger partial charge in [0.05, 0.1) is 12.6 Å². The van der Waals surface area contributed by atoms with Gasteiger partial charge in [0.1, 0.15) is 11.5 Å². The molecule has 0 aliphatic carbocycles. The largest absolute Gasteiger partial charge is 0.573 e. The van der Waals surface area contributed by atoms with Crippen molar-refractivity contribution >= 4 is 28.5 Å². The molecule has 0 bridgehead atoms. The van der Waals surface area contributed by atoms with Crippen LogP contribution in [0.3, 0.4) is 0 Å². The number of nitrogens with zero attached hydrogens (tertiary/aromatic N) is 5.